The first-order chi connectivity index (χ1) is 12.4. The van der Waals surface area contributed by atoms with E-state index in [4.69, 9.17) is 4.74 Å². The van der Waals surface area contributed by atoms with Gasteiger partial charge in [0, 0.05) is 39.3 Å². The van der Waals surface area contributed by atoms with Gasteiger partial charge in [0.1, 0.15) is 0 Å². The summed E-state index contributed by atoms with van der Waals surface area (Å²) < 4.78 is 32.7. The van der Waals surface area contributed by atoms with Gasteiger partial charge in [-0.15, -0.1) is 0 Å². The second kappa shape index (κ2) is 8.04. The van der Waals surface area contributed by atoms with Crippen LogP contribution in [-0.4, -0.2) is 87.5 Å². The lowest BCUT2D eigenvalue weighted by Crippen LogP contribution is -2.53. The number of amides is 1. The van der Waals surface area contributed by atoms with Crippen LogP contribution in [0.4, 0.5) is 0 Å². The zero-order valence-corrected chi connectivity index (χ0v) is 16.3. The van der Waals surface area contributed by atoms with Crippen LogP contribution in [-0.2, 0) is 19.6 Å². The van der Waals surface area contributed by atoms with E-state index in [9.17, 15) is 13.2 Å². The van der Waals surface area contributed by atoms with Gasteiger partial charge >= 0.3 is 0 Å². The first kappa shape index (κ1) is 19.3. The third kappa shape index (κ3) is 4.25. The van der Waals surface area contributed by atoms with E-state index in [0.29, 0.717) is 50.8 Å². The van der Waals surface area contributed by atoms with E-state index in [0.717, 1.165) is 24.2 Å². The highest BCUT2D eigenvalue weighted by Crippen LogP contribution is 2.22. The number of benzene rings is 1. The maximum Gasteiger partial charge on any atom is 0.243 e. The van der Waals surface area contributed by atoms with E-state index in [-0.39, 0.29) is 5.91 Å². The molecule has 0 radical (unpaired) electrons. The van der Waals surface area contributed by atoms with Crippen molar-refractivity contribution < 1.29 is 17.9 Å². The average molecular weight is 381 g/mol. The molecule has 0 N–H and O–H groups in total. The summed E-state index contributed by atoms with van der Waals surface area (Å²) in [7, 11) is -3.52. The van der Waals surface area contributed by atoms with Crippen molar-refractivity contribution in [2.75, 3.05) is 59.0 Å². The molecule has 2 aliphatic rings. The van der Waals surface area contributed by atoms with E-state index in [1.165, 1.54) is 4.31 Å². The van der Waals surface area contributed by atoms with Crippen molar-refractivity contribution in [3.8, 4) is 0 Å². The molecule has 2 heterocycles. The molecular weight excluding hydrogens is 354 g/mol. The first-order valence-corrected chi connectivity index (χ1v) is 10.5. The molecule has 1 aromatic carbocycles. The molecule has 1 amide bonds. The van der Waals surface area contributed by atoms with Gasteiger partial charge in [0.2, 0.25) is 15.9 Å². The van der Waals surface area contributed by atoms with Crippen molar-refractivity contribution in [1.29, 1.82) is 0 Å². The predicted molar refractivity (Wildman–Crippen MR) is 98.5 cm³/mol. The number of aryl methyl sites for hydroxylation is 2. The standard InChI is InChI=1S/C18H27N3O4S/c1-15-3-4-16(2)17(13-15)26(23,24)21-7-5-20(6-8-21)18(22)14-19-9-11-25-12-10-19/h3-4,13H,5-12,14H2,1-2H3. The molecular formula is C18H27N3O4S. The molecule has 0 bridgehead atoms. The number of rotatable bonds is 4. The van der Waals surface area contributed by atoms with Crippen molar-refractivity contribution in [2.24, 2.45) is 0 Å². The molecule has 8 heteroatoms. The molecule has 0 aliphatic carbocycles. The van der Waals surface area contributed by atoms with Crippen molar-refractivity contribution in [3.63, 3.8) is 0 Å². The van der Waals surface area contributed by atoms with Crippen molar-refractivity contribution in [2.45, 2.75) is 18.7 Å². The van der Waals surface area contributed by atoms with Crippen molar-refractivity contribution >= 4 is 15.9 Å². The maximum atomic E-state index is 13.0. The molecule has 144 valence electrons. The average Bonchev–Trinajstić information content (AvgIpc) is 2.64. The van der Waals surface area contributed by atoms with Crippen LogP contribution in [0.2, 0.25) is 0 Å². The van der Waals surface area contributed by atoms with Gasteiger partial charge in [-0.25, -0.2) is 8.42 Å². The molecule has 7 nitrogen and oxygen atoms in total. The van der Waals surface area contributed by atoms with Crippen LogP contribution in [0.1, 0.15) is 11.1 Å². The molecule has 2 saturated heterocycles. The minimum absolute atomic E-state index is 0.0654. The van der Waals surface area contributed by atoms with Crippen LogP contribution >= 0.6 is 0 Å². The van der Waals surface area contributed by atoms with E-state index >= 15 is 0 Å². The number of hydrogen-bond donors (Lipinski definition) is 0. The minimum atomic E-state index is -3.52. The number of hydrogen-bond acceptors (Lipinski definition) is 5. The lowest BCUT2D eigenvalue weighted by atomic mass is 10.2. The Morgan fingerprint density at radius 1 is 1.04 bits per heavy atom. The number of sulfonamides is 1. The summed E-state index contributed by atoms with van der Waals surface area (Å²) in [5, 5.41) is 0. The Balaban J connectivity index is 1.60. The Labute approximate surface area is 155 Å². The monoisotopic (exact) mass is 381 g/mol. The molecule has 2 fully saturated rings. The Morgan fingerprint density at radius 3 is 2.35 bits per heavy atom. The van der Waals surface area contributed by atoms with Crippen LogP contribution in [0.3, 0.4) is 0 Å². The Kier molecular flexibility index (Phi) is 5.96. The number of carbonyl (C=O) groups excluding carboxylic acids is 1. The summed E-state index contributed by atoms with van der Waals surface area (Å²) in [5.74, 6) is 0.0654. The van der Waals surface area contributed by atoms with Crippen LogP contribution in [0.5, 0.6) is 0 Å². The summed E-state index contributed by atoms with van der Waals surface area (Å²) in [6.07, 6.45) is 0. The van der Waals surface area contributed by atoms with E-state index in [1.54, 1.807) is 11.0 Å². The number of carbonyl (C=O) groups is 1. The Bertz CT molecular complexity index is 752. The van der Waals surface area contributed by atoms with Gasteiger partial charge in [-0.2, -0.15) is 4.31 Å². The highest BCUT2D eigenvalue weighted by molar-refractivity contribution is 7.89. The quantitative estimate of drug-likeness (QED) is 0.758. The van der Waals surface area contributed by atoms with E-state index < -0.39 is 10.0 Å². The summed E-state index contributed by atoms with van der Waals surface area (Å²) >= 11 is 0. The van der Waals surface area contributed by atoms with Gasteiger partial charge in [-0.3, -0.25) is 9.69 Å². The summed E-state index contributed by atoms with van der Waals surface area (Å²) in [5.41, 5.74) is 1.68. The summed E-state index contributed by atoms with van der Waals surface area (Å²) in [6.45, 7) is 8.50. The van der Waals surface area contributed by atoms with Gasteiger partial charge in [-0.05, 0) is 31.0 Å². The number of piperazine rings is 1. The first-order valence-electron chi connectivity index (χ1n) is 9.03. The van der Waals surface area contributed by atoms with Crippen molar-refractivity contribution in [3.05, 3.63) is 29.3 Å². The van der Waals surface area contributed by atoms with Crippen molar-refractivity contribution in [1.82, 2.24) is 14.1 Å². The SMILES string of the molecule is Cc1ccc(C)c(S(=O)(=O)N2CCN(C(=O)CN3CCOCC3)CC2)c1. The third-order valence-electron chi connectivity index (χ3n) is 5.02. The molecule has 1 aromatic rings. The zero-order chi connectivity index (χ0) is 18.7. The number of nitrogens with zero attached hydrogens (tertiary/aromatic N) is 3. The molecule has 0 aromatic heterocycles. The van der Waals surface area contributed by atoms with Gasteiger partial charge in [0.05, 0.1) is 24.7 Å². The van der Waals surface area contributed by atoms with Crippen LogP contribution in [0.25, 0.3) is 0 Å². The molecule has 0 atom stereocenters. The molecule has 2 aliphatic heterocycles. The van der Waals surface area contributed by atoms with Gasteiger partial charge < -0.3 is 9.64 Å². The zero-order valence-electron chi connectivity index (χ0n) is 15.5. The second-order valence-electron chi connectivity index (χ2n) is 6.94. The van der Waals surface area contributed by atoms with Gasteiger partial charge in [0.25, 0.3) is 0 Å². The number of morpholine rings is 1. The van der Waals surface area contributed by atoms with Crippen LogP contribution < -0.4 is 0 Å². The number of ether oxygens (including phenoxy) is 1. The van der Waals surface area contributed by atoms with Gasteiger partial charge in [-0.1, -0.05) is 12.1 Å². The fourth-order valence-corrected chi connectivity index (χ4v) is 5.08. The normalized spacial score (nSPS) is 20.3. The fourth-order valence-electron chi connectivity index (χ4n) is 3.35. The molecule has 0 unspecified atom stereocenters. The highest BCUT2D eigenvalue weighted by Gasteiger charge is 2.31. The molecule has 26 heavy (non-hydrogen) atoms. The smallest absolute Gasteiger partial charge is 0.243 e. The van der Waals surface area contributed by atoms with E-state index in [2.05, 4.69) is 4.90 Å². The van der Waals surface area contributed by atoms with Gasteiger partial charge in [0.15, 0.2) is 0 Å². The minimum Gasteiger partial charge on any atom is -0.379 e. The largest absolute Gasteiger partial charge is 0.379 e. The third-order valence-corrected chi connectivity index (χ3v) is 7.06. The molecule has 3 rings (SSSR count). The highest BCUT2D eigenvalue weighted by atomic mass is 32.2. The van der Waals surface area contributed by atoms with E-state index in [1.807, 2.05) is 26.0 Å². The Hall–Kier alpha value is -1.48. The topological polar surface area (TPSA) is 70.2 Å². The fraction of sp³-hybridized carbons (Fsp3) is 0.611. The molecule has 0 spiro atoms. The summed E-state index contributed by atoms with van der Waals surface area (Å²) in [4.78, 5) is 16.7. The predicted octanol–water partition coefficient (Wildman–Crippen LogP) is 0.469. The lowest BCUT2D eigenvalue weighted by Gasteiger charge is -2.36. The Morgan fingerprint density at radius 2 is 1.69 bits per heavy atom. The lowest BCUT2D eigenvalue weighted by molar-refractivity contribution is -0.134. The second-order valence-corrected chi connectivity index (χ2v) is 8.85. The maximum absolute atomic E-state index is 13.0. The summed E-state index contributed by atoms with van der Waals surface area (Å²) in [6, 6.07) is 5.47. The molecule has 0 saturated carbocycles. The van der Waals surface area contributed by atoms with Crippen LogP contribution in [0, 0.1) is 13.8 Å². The van der Waals surface area contributed by atoms with Crippen LogP contribution in [0.15, 0.2) is 23.1 Å².